The lowest BCUT2D eigenvalue weighted by atomic mass is 10.0. The number of esters is 1. The van der Waals surface area contributed by atoms with Crippen LogP contribution in [-0.4, -0.2) is 50.4 Å². The minimum absolute atomic E-state index is 0.0367. The molecule has 9 heteroatoms. The fourth-order valence-corrected chi connectivity index (χ4v) is 4.23. The molecule has 0 aromatic rings. The lowest BCUT2D eigenvalue weighted by molar-refractivity contribution is -0.148. The van der Waals surface area contributed by atoms with Crippen LogP contribution in [0.4, 0.5) is 0 Å². The van der Waals surface area contributed by atoms with Crippen LogP contribution in [0.5, 0.6) is 0 Å². The van der Waals surface area contributed by atoms with E-state index in [-0.39, 0.29) is 32.3 Å². The highest BCUT2D eigenvalue weighted by atomic mass is 31.2. The molecule has 2 atom stereocenters. The second kappa shape index (κ2) is 23.3. The number of hydrogen-bond donors (Lipinski definition) is 2. The van der Waals surface area contributed by atoms with Crippen LogP contribution >= 0.6 is 7.82 Å². The first-order chi connectivity index (χ1) is 15.9. The number of phosphoric ester groups is 1. The first kappa shape index (κ1) is 32.5. The van der Waals surface area contributed by atoms with Gasteiger partial charge in [0.15, 0.2) is 0 Å². The highest BCUT2D eigenvalue weighted by Crippen LogP contribution is 2.42. The Hall–Kier alpha value is -0.500. The molecule has 198 valence electrons. The first-order valence-corrected chi connectivity index (χ1v) is 14.4. The fourth-order valence-electron chi connectivity index (χ4n) is 3.47. The number of nitrogens with two attached hydrogens (primary N) is 1. The van der Waals surface area contributed by atoms with Crippen molar-refractivity contribution in [1.82, 2.24) is 0 Å². The van der Waals surface area contributed by atoms with Crippen LogP contribution < -0.4 is 5.73 Å². The Labute approximate surface area is 201 Å². The number of hydrogen-bond acceptors (Lipinski definition) is 7. The lowest BCUT2D eigenvalue weighted by Gasteiger charge is -2.17. The SMILES string of the molecule is CCCCCCCCCCCCCCCCCC(=O)OCC(COP(=O)(O)OCCN)OC. The fraction of sp³-hybridized carbons (Fsp3) is 0.958. The van der Waals surface area contributed by atoms with Crippen LogP contribution in [0.3, 0.4) is 0 Å². The first-order valence-electron chi connectivity index (χ1n) is 13.0. The van der Waals surface area contributed by atoms with E-state index in [2.05, 4.69) is 11.4 Å². The Morgan fingerprint density at radius 1 is 0.818 bits per heavy atom. The molecule has 33 heavy (non-hydrogen) atoms. The van der Waals surface area contributed by atoms with Gasteiger partial charge >= 0.3 is 13.8 Å². The maximum atomic E-state index is 11.9. The van der Waals surface area contributed by atoms with Gasteiger partial charge in [0.25, 0.3) is 0 Å². The van der Waals surface area contributed by atoms with Crippen molar-refractivity contribution in [2.75, 3.05) is 33.5 Å². The number of carbonyl (C=O) groups excluding carboxylic acids is 1. The molecule has 0 aliphatic carbocycles. The standard InChI is InChI=1S/C24H50NO7P/c1-3-4-5-6-7-8-9-10-11-12-13-14-15-16-17-18-24(26)30-21-23(29-2)22-32-33(27,28)31-20-19-25/h23H,3-22,25H2,1-2H3,(H,27,28). The Morgan fingerprint density at radius 3 is 1.76 bits per heavy atom. The minimum atomic E-state index is -4.17. The summed E-state index contributed by atoms with van der Waals surface area (Å²) in [5.74, 6) is -0.293. The Balaban J connectivity index is 3.53. The molecule has 0 radical (unpaired) electrons. The quantitative estimate of drug-likeness (QED) is 0.0913. The maximum Gasteiger partial charge on any atom is 0.472 e. The molecular formula is C24H50NO7P. The van der Waals surface area contributed by atoms with Crippen molar-refractivity contribution in [3.63, 3.8) is 0 Å². The summed E-state index contributed by atoms with van der Waals surface area (Å²) in [5.41, 5.74) is 5.22. The van der Waals surface area contributed by atoms with E-state index in [9.17, 15) is 14.3 Å². The molecule has 0 fully saturated rings. The second-order valence-corrected chi connectivity index (χ2v) is 10.1. The summed E-state index contributed by atoms with van der Waals surface area (Å²) in [6.45, 7) is 2.03. The molecule has 8 nitrogen and oxygen atoms in total. The van der Waals surface area contributed by atoms with Crippen molar-refractivity contribution in [2.45, 2.75) is 116 Å². The predicted octanol–water partition coefficient (Wildman–Crippen LogP) is 5.90. The van der Waals surface area contributed by atoms with Crippen molar-refractivity contribution in [3.8, 4) is 0 Å². The molecule has 0 saturated heterocycles. The van der Waals surface area contributed by atoms with Gasteiger partial charge in [-0.2, -0.15) is 0 Å². The molecule has 0 aliphatic heterocycles. The molecule has 0 rings (SSSR count). The Bertz CT molecular complexity index is 493. The van der Waals surface area contributed by atoms with Gasteiger partial charge < -0.3 is 20.1 Å². The predicted molar refractivity (Wildman–Crippen MR) is 132 cm³/mol. The van der Waals surface area contributed by atoms with Crippen LogP contribution in [0.2, 0.25) is 0 Å². The number of phosphoric acid groups is 1. The van der Waals surface area contributed by atoms with Crippen molar-refractivity contribution in [1.29, 1.82) is 0 Å². The average molecular weight is 496 g/mol. The monoisotopic (exact) mass is 495 g/mol. The normalized spacial score (nSPS) is 14.2. The molecule has 2 unspecified atom stereocenters. The maximum absolute atomic E-state index is 11.9. The third-order valence-corrected chi connectivity index (χ3v) is 6.53. The van der Waals surface area contributed by atoms with Crippen molar-refractivity contribution in [3.05, 3.63) is 0 Å². The van der Waals surface area contributed by atoms with Crippen LogP contribution in [0.15, 0.2) is 0 Å². The van der Waals surface area contributed by atoms with Crippen molar-refractivity contribution < 1.29 is 32.8 Å². The van der Waals surface area contributed by atoms with Gasteiger partial charge in [-0.25, -0.2) is 4.57 Å². The van der Waals surface area contributed by atoms with Gasteiger partial charge in [-0.1, -0.05) is 96.8 Å². The molecule has 3 N–H and O–H groups in total. The van der Waals surface area contributed by atoms with Gasteiger partial charge in [0.1, 0.15) is 12.7 Å². The van der Waals surface area contributed by atoms with Crippen LogP contribution in [0, 0.1) is 0 Å². The van der Waals surface area contributed by atoms with E-state index in [4.69, 9.17) is 19.7 Å². The highest BCUT2D eigenvalue weighted by Gasteiger charge is 2.23. The summed E-state index contributed by atoms with van der Waals surface area (Å²) in [5, 5.41) is 0. The van der Waals surface area contributed by atoms with Crippen molar-refractivity contribution >= 4 is 13.8 Å². The molecule has 0 spiro atoms. The summed E-state index contributed by atoms with van der Waals surface area (Å²) in [6, 6.07) is 0. The van der Waals surface area contributed by atoms with Gasteiger partial charge in [-0.3, -0.25) is 13.8 Å². The molecule has 0 amide bonds. The summed E-state index contributed by atoms with van der Waals surface area (Å²) in [4.78, 5) is 21.3. The van der Waals surface area contributed by atoms with Crippen molar-refractivity contribution in [2.24, 2.45) is 5.73 Å². The average Bonchev–Trinajstić information content (AvgIpc) is 2.80. The number of carbonyl (C=O) groups is 1. The van der Waals surface area contributed by atoms with Gasteiger partial charge in [0.2, 0.25) is 0 Å². The summed E-state index contributed by atoms with van der Waals surface area (Å²) in [6.07, 6.45) is 18.9. The summed E-state index contributed by atoms with van der Waals surface area (Å²) < 4.78 is 31.4. The van der Waals surface area contributed by atoms with Gasteiger partial charge in [-0.05, 0) is 6.42 Å². The summed E-state index contributed by atoms with van der Waals surface area (Å²) in [7, 11) is -2.75. The van der Waals surface area contributed by atoms with E-state index in [1.54, 1.807) is 0 Å². The third kappa shape index (κ3) is 23.0. The molecule has 0 saturated carbocycles. The number of unbranched alkanes of at least 4 members (excludes halogenated alkanes) is 14. The van der Waals surface area contributed by atoms with E-state index >= 15 is 0 Å². The molecule has 0 aliphatic rings. The Kier molecular flexibility index (Phi) is 22.9. The third-order valence-electron chi connectivity index (χ3n) is 5.54. The van der Waals surface area contributed by atoms with Gasteiger partial charge in [-0.15, -0.1) is 0 Å². The zero-order chi connectivity index (χ0) is 24.6. The minimum Gasteiger partial charge on any atom is -0.463 e. The lowest BCUT2D eigenvalue weighted by Crippen LogP contribution is -2.26. The van der Waals surface area contributed by atoms with E-state index in [1.165, 1.54) is 84.2 Å². The molecule has 0 aromatic heterocycles. The molecule has 0 aromatic carbocycles. The van der Waals surface area contributed by atoms with Gasteiger partial charge in [0.05, 0.1) is 13.2 Å². The second-order valence-electron chi connectivity index (χ2n) is 8.63. The highest BCUT2D eigenvalue weighted by molar-refractivity contribution is 7.47. The van der Waals surface area contributed by atoms with E-state index < -0.39 is 13.9 Å². The Morgan fingerprint density at radius 2 is 1.30 bits per heavy atom. The van der Waals surface area contributed by atoms with E-state index in [0.29, 0.717) is 6.42 Å². The number of methoxy groups -OCH3 is 1. The molecule has 0 bridgehead atoms. The number of ether oxygens (including phenoxy) is 2. The zero-order valence-electron chi connectivity index (χ0n) is 21.1. The molecule has 0 heterocycles. The van der Waals surface area contributed by atoms with Crippen LogP contribution in [-0.2, 0) is 27.9 Å². The van der Waals surface area contributed by atoms with E-state index in [1.807, 2.05) is 0 Å². The number of rotatable bonds is 25. The van der Waals surface area contributed by atoms with Crippen LogP contribution in [0.25, 0.3) is 0 Å². The molecular weight excluding hydrogens is 445 g/mol. The smallest absolute Gasteiger partial charge is 0.463 e. The zero-order valence-corrected chi connectivity index (χ0v) is 22.0. The largest absolute Gasteiger partial charge is 0.472 e. The van der Waals surface area contributed by atoms with Gasteiger partial charge in [0, 0.05) is 20.1 Å². The topological polar surface area (TPSA) is 117 Å². The van der Waals surface area contributed by atoms with Crippen LogP contribution in [0.1, 0.15) is 110 Å². The van der Waals surface area contributed by atoms with E-state index in [0.717, 1.165) is 19.3 Å². The summed E-state index contributed by atoms with van der Waals surface area (Å²) >= 11 is 0.